The van der Waals surface area contributed by atoms with Gasteiger partial charge in [0.15, 0.2) is 16.6 Å². The molecule has 122 valence electrons. The van der Waals surface area contributed by atoms with Gasteiger partial charge in [0.05, 0.1) is 26.3 Å². The summed E-state index contributed by atoms with van der Waals surface area (Å²) in [5, 5.41) is 13.1. The van der Waals surface area contributed by atoms with Gasteiger partial charge in [0, 0.05) is 5.56 Å². The van der Waals surface area contributed by atoms with E-state index >= 15 is 0 Å². The first kappa shape index (κ1) is 16.5. The van der Waals surface area contributed by atoms with E-state index in [-0.39, 0.29) is 15.7 Å². The van der Waals surface area contributed by atoms with E-state index in [4.69, 9.17) is 14.2 Å². The molecule has 0 aliphatic heterocycles. The van der Waals surface area contributed by atoms with Crippen LogP contribution in [0.1, 0.15) is 10.4 Å². The molecule has 0 unspecified atom stereocenters. The standard InChI is InChI=1S/C13H13N3O6S/c1-20-8-4-7(5-9(21-2)11(8)22-3)12(17)15-13-14-6-10(23-13)16(18)19/h4-6H,1-3H3,(H,14,15,17). The fourth-order valence-corrected chi connectivity index (χ4v) is 2.42. The number of nitro groups is 1. The van der Waals surface area contributed by atoms with Crippen LogP contribution >= 0.6 is 11.3 Å². The Labute approximate surface area is 135 Å². The first-order chi connectivity index (χ1) is 11.0. The SMILES string of the molecule is COc1cc(C(=O)Nc2ncc([N+](=O)[O-])s2)cc(OC)c1OC. The number of methoxy groups -OCH3 is 3. The number of rotatable bonds is 6. The number of nitrogens with one attached hydrogen (secondary N) is 1. The van der Waals surface area contributed by atoms with E-state index in [1.165, 1.54) is 33.5 Å². The molecule has 0 saturated carbocycles. The second-order valence-electron chi connectivity index (χ2n) is 4.13. The maximum Gasteiger partial charge on any atom is 0.345 e. The summed E-state index contributed by atoms with van der Waals surface area (Å²) in [6.07, 6.45) is 1.08. The van der Waals surface area contributed by atoms with Crippen molar-refractivity contribution in [2.24, 2.45) is 0 Å². The van der Waals surface area contributed by atoms with Crippen LogP contribution in [0.2, 0.25) is 0 Å². The highest BCUT2D eigenvalue weighted by Gasteiger charge is 2.19. The number of aromatic nitrogens is 1. The van der Waals surface area contributed by atoms with Crippen LogP contribution in [0.25, 0.3) is 0 Å². The molecule has 9 nitrogen and oxygen atoms in total. The van der Waals surface area contributed by atoms with Crippen LogP contribution in [0.5, 0.6) is 17.2 Å². The number of anilines is 1. The summed E-state index contributed by atoms with van der Waals surface area (Å²) in [6.45, 7) is 0. The van der Waals surface area contributed by atoms with Crippen molar-refractivity contribution in [2.45, 2.75) is 0 Å². The van der Waals surface area contributed by atoms with Crippen LogP contribution in [-0.2, 0) is 0 Å². The predicted octanol–water partition coefficient (Wildman–Crippen LogP) is 2.33. The number of hydrogen-bond acceptors (Lipinski definition) is 8. The van der Waals surface area contributed by atoms with Gasteiger partial charge < -0.3 is 14.2 Å². The molecule has 0 aliphatic carbocycles. The highest BCUT2D eigenvalue weighted by molar-refractivity contribution is 7.18. The molecule has 2 aromatic rings. The maximum atomic E-state index is 12.3. The molecule has 1 aromatic heterocycles. The van der Waals surface area contributed by atoms with Gasteiger partial charge in [-0.25, -0.2) is 4.98 Å². The van der Waals surface area contributed by atoms with E-state index in [0.29, 0.717) is 17.2 Å². The number of nitrogens with zero attached hydrogens (tertiary/aromatic N) is 2. The van der Waals surface area contributed by atoms with Crippen LogP contribution in [0.3, 0.4) is 0 Å². The first-order valence-electron chi connectivity index (χ1n) is 6.21. The van der Waals surface area contributed by atoms with E-state index < -0.39 is 10.8 Å². The number of carbonyl (C=O) groups is 1. The van der Waals surface area contributed by atoms with Crippen molar-refractivity contribution in [3.8, 4) is 17.2 Å². The normalized spacial score (nSPS) is 10.0. The Morgan fingerprint density at radius 3 is 2.26 bits per heavy atom. The van der Waals surface area contributed by atoms with Gasteiger partial charge in [-0.05, 0) is 23.5 Å². The lowest BCUT2D eigenvalue weighted by Gasteiger charge is -2.13. The molecule has 1 aromatic carbocycles. The third-order valence-corrected chi connectivity index (χ3v) is 3.69. The van der Waals surface area contributed by atoms with E-state index in [9.17, 15) is 14.9 Å². The highest BCUT2D eigenvalue weighted by atomic mass is 32.1. The minimum Gasteiger partial charge on any atom is -0.493 e. The smallest absolute Gasteiger partial charge is 0.345 e. The van der Waals surface area contributed by atoms with Gasteiger partial charge in [0.25, 0.3) is 5.91 Å². The van der Waals surface area contributed by atoms with Gasteiger partial charge in [0.1, 0.15) is 6.20 Å². The number of carbonyl (C=O) groups excluding carboxylic acids is 1. The lowest BCUT2D eigenvalue weighted by Crippen LogP contribution is -2.12. The average molecular weight is 339 g/mol. The van der Waals surface area contributed by atoms with Crippen LogP contribution in [0, 0.1) is 10.1 Å². The molecule has 0 spiro atoms. The first-order valence-corrected chi connectivity index (χ1v) is 7.03. The summed E-state index contributed by atoms with van der Waals surface area (Å²) in [6, 6.07) is 2.94. The minimum absolute atomic E-state index is 0.121. The second-order valence-corrected chi connectivity index (χ2v) is 5.14. The Balaban J connectivity index is 2.29. The zero-order chi connectivity index (χ0) is 17.0. The molecule has 0 bridgehead atoms. The van der Waals surface area contributed by atoms with Crippen LogP contribution in [0.15, 0.2) is 18.3 Å². The summed E-state index contributed by atoms with van der Waals surface area (Å²) < 4.78 is 15.5. The number of benzene rings is 1. The van der Waals surface area contributed by atoms with Gasteiger partial charge in [-0.15, -0.1) is 0 Å². The van der Waals surface area contributed by atoms with E-state index in [2.05, 4.69) is 10.3 Å². The summed E-state index contributed by atoms with van der Waals surface area (Å²) in [4.78, 5) is 26.1. The molecule has 1 amide bonds. The lowest BCUT2D eigenvalue weighted by molar-refractivity contribution is -0.380. The monoisotopic (exact) mass is 339 g/mol. The molecule has 2 rings (SSSR count). The zero-order valence-electron chi connectivity index (χ0n) is 12.5. The topological polar surface area (TPSA) is 113 Å². The van der Waals surface area contributed by atoms with Crippen molar-refractivity contribution in [1.82, 2.24) is 4.98 Å². The molecule has 0 saturated heterocycles. The number of thiazole rings is 1. The third kappa shape index (κ3) is 3.48. The molecule has 0 radical (unpaired) electrons. The Kier molecular flexibility index (Phi) is 4.96. The Hall–Kier alpha value is -2.88. The number of amides is 1. The van der Waals surface area contributed by atoms with Crippen molar-refractivity contribution in [2.75, 3.05) is 26.6 Å². The maximum absolute atomic E-state index is 12.3. The van der Waals surface area contributed by atoms with Gasteiger partial charge >= 0.3 is 5.00 Å². The average Bonchev–Trinajstić information content (AvgIpc) is 3.01. The van der Waals surface area contributed by atoms with Crippen molar-refractivity contribution in [1.29, 1.82) is 0 Å². The molecule has 10 heteroatoms. The molecular formula is C13H13N3O6S. The third-order valence-electron chi connectivity index (χ3n) is 2.82. The molecule has 0 fully saturated rings. The quantitative estimate of drug-likeness (QED) is 0.634. The number of hydrogen-bond donors (Lipinski definition) is 1. The summed E-state index contributed by atoms with van der Waals surface area (Å²) >= 11 is 0.762. The minimum atomic E-state index is -0.577. The molecular weight excluding hydrogens is 326 g/mol. The predicted molar refractivity (Wildman–Crippen MR) is 82.8 cm³/mol. The Morgan fingerprint density at radius 2 is 1.83 bits per heavy atom. The van der Waals surface area contributed by atoms with Gasteiger partial charge in [-0.2, -0.15) is 0 Å². The summed E-state index contributed by atoms with van der Waals surface area (Å²) in [7, 11) is 4.32. The zero-order valence-corrected chi connectivity index (χ0v) is 13.3. The van der Waals surface area contributed by atoms with Crippen molar-refractivity contribution < 1.29 is 23.9 Å². The van der Waals surface area contributed by atoms with Gasteiger partial charge in [-0.1, -0.05) is 0 Å². The molecule has 0 aliphatic rings. The van der Waals surface area contributed by atoms with Gasteiger partial charge in [-0.3, -0.25) is 20.2 Å². The fourth-order valence-electron chi connectivity index (χ4n) is 1.79. The molecule has 23 heavy (non-hydrogen) atoms. The Bertz CT molecular complexity index is 720. The molecule has 1 N–H and O–H groups in total. The van der Waals surface area contributed by atoms with Crippen LogP contribution in [-0.4, -0.2) is 37.1 Å². The van der Waals surface area contributed by atoms with E-state index in [1.807, 2.05) is 0 Å². The van der Waals surface area contributed by atoms with Crippen LogP contribution < -0.4 is 19.5 Å². The lowest BCUT2D eigenvalue weighted by atomic mass is 10.1. The highest BCUT2D eigenvalue weighted by Crippen LogP contribution is 2.38. The molecule has 1 heterocycles. The van der Waals surface area contributed by atoms with Crippen LogP contribution in [0.4, 0.5) is 10.1 Å². The van der Waals surface area contributed by atoms with Crippen molar-refractivity contribution >= 4 is 27.4 Å². The largest absolute Gasteiger partial charge is 0.493 e. The van der Waals surface area contributed by atoms with Crippen molar-refractivity contribution in [3.05, 3.63) is 34.0 Å². The fraction of sp³-hybridized carbons (Fsp3) is 0.231. The second kappa shape index (κ2) is 6.92. The van der Waals surface area contributed by atoms with E-state index in [0.717, 1.165) is 17.5 Å². The molecule has 0 atom stereocenters. The van der Waals surface area contributed by atoms with Crippen molar-refractivity contribution in [3.63, 3.8) is 0 Å². The summed E-state index contributed by atoms with van der Waals surface area (Å²) in [5.41, 5.74) is 0.234. The van der Waals surface area contributed by atoms with Gasteiger partial charge in [0.2, 0.25) is 5.75 Å². The Morgan fingerprint density at radius 1 is 1.22 bits per heavy atom. The number of ether oxygens (including phenoxy) is 3. The summed E-state index contributed by atoms with van der Waals surface area (Å²) in [5.74, 6) is 0.495. The van der Waals surface area contributed by atoms with E-state index in [1.54, 1.807) is 0 Å².